The van der Waals surface area contributed by atoms with E-state index in [2.05, 4.69) is 5.32 Å². The summed E-state index contributed by atoms with van der Waals surface area (Å²) in [7, 11) is 0. The molecule has 0 saturated carbocycles. The van der Waals surface area contributed by atoms with E-state index < -0.39 is 0 Å². The van der Waals surface area contributed by atoms with Crippen LogP contribution in [-0.2, 0) is 0 Å². The molecule has 0 radical (unpaired) electrons. The Bertz CT molecular complexity index is 202. The molecule has 1 rings (SSSR count). The fraction of sp³-hybridized carbons (Fsp3) is 0. The number of allylic oxidation sites excluding steroid dienone is 4. The lowest BCUT2D eigenvalue weighted by Crippen LogP contribution is -1.95. The molecule has 0 spiro atoms. The molecule has 1 N–H and O–H groups in total. The van der Waals surface area contributed by atoms with E-state index in [4.69, 9.17) is 5.26 Å². The Morgan fingerprint density at radius 2 is 2.11 bits per heavy atom. The van der Waals surface area contributed by atoms with Gasteiger partial charge in [0.15, 0.2) is 0 Å². The summed E-state index contributed by atoms with van der Waals surface area (Å²) in [5.41, 5.74) is 0.927. The van der Waals surface area contributed by atoms with Crippen molar-refractivity contribution in [1.29, 1.82) is 5.26 Å². The predicted octanol–water partition coefficient (Wildman–Crippen LogP) is 1.07. The average Bonchev–Trinajstić information content (AvgIpc) is 1.91. The van der Waals surface area contributed by atoms with Crippen molar-refractivity contribution in [3.63, 3.8) is 0 Å². The van der Waals surface area contributed by atoms with Gasteiger partial charge in [0, 0.05) is 18.5 Å². The van der Waals surface area contributed by atoms with Crippen LogP contribution in [0, 0.1) is 11.3 Å². The molecule has 1 aliphatic heterocycles. The average molecular weight is 118 g/mol. The molecular weight excluding hydrogens is 112 g/mol. The molecule has 2 heteroatoms. The van der Waals surface area contributed by atoms with Crippen molar-refractivity contribution in [2.45, 2.75) is 0 Å². The summed E-state index contributed by atoms with van der Waals surface area (Å²) in [4.78, 5) is 0. The van der Waals surface area contributed by atoms with Crippen LogP contribution in [0.5, 0.6) is 0 Å². The van der Waals surface area contributed by atoms with Crippen molar-refractivity contribution < 1.29 is 0 Å². The van der Waals surface area contributed by atoms with Gasteiger partial charge in [-0.15, -0.1) is 0 Å². The molecule has 0 aromatic rings. The molecule has 0 aliphatic carbocycles. The molecule has 44 valence electrons. The van der Waals surface area contributed by atoms with Crippen molar-refractivity contribution in [3.8, 4) is 6.07 Å². The fourth-order valence-electron chi connectivity index (χ4n) is 0.571. The van der Waals surface area contributed by atoms with Crippen LogP contribution in [-0.4, -0.2) is 0 Å². The summed E-state index contributed by atoms with van der Waals surface area (Å²) in [6.07, 6.45) is 8.73. The fourth-order valence-corrected chi connectivity index (χ4v) is 0.571. The van der Waals surface area contributed by atoms with Gasteiger partial charge in [0.05, 0.1) is 6.07 Å². The summed E-state index contributed by atoms with van der Waals surface area (Å²) in [6, 6.07) is 1.95. The highest BCUT2D eigenvalue weighted by Crippen LogP contribution is 2.00. The second-order valence-electron chi connectivity index (χ2n) is 1.61. The van der Waals surface area contributed by atoms with Crippen molar-refractivity contribution in [1.82, 2.24) is 5.32 Å². The van der Waals surface area contributed by atoms with E-state index in [0.29, 0.717) is 0 Å². The minimum atomic E-state index is 0.927. The Morgan fingerprint density at radius 1 is 1.44 bits per heavy atom. The van der Waals surface area contributed by atoms with Crippen molar-refractivity contribution in [3.05, 3.63) is 36.2 Å². The first-order valence-electron chi connectivity index (χ1n) is 2.62. The molecule has 0 bridgehead atoms. The van der Waals surface area contributed by atoms with Gasteiger partial charge in [0.1, 0.15) is 0 Å². The highest BCUT2D eigenvalue weighted by Gasteiger charge is 1.86. The molecule has 1 heterocycles. The molecule has 0 fully saturated rings. The Morgan fingerprint density at radius 3 is 2.67 bits per heavy atom. The third-order valence-corrected chi connectivity index (χ3v) is 0.975. The third kappa shape index (κ3) is 1.46. The minimum absolute atomic E-state index is 0.927. The summed E-state index contributed by atoms with van der Waals surface area (Å²) in [5, 5.41) is 11.1. The molecule has 0 amide bonds. The van der Waals surface area contributed by atoms with Crippen molar-refractivity contribution in [2.75, 3.05) is 0 Å². The maximum Gasteiger partial charge on any atom is 0.0918 e. The van der Waals surface area contributed by atoms with Crippen LogP contribution >= 0.6 is 0 Å². The molecule has 0 saturated heterocycles. The van der Waals surface area contributed by atoms with Crippen LogP contribution in [0.4, 0.5) is 0 Å². The normalized spacial score (nSPS) is 14.3. The maximum absolute atomic E-state index is 8.20. The molecule has 0 atom stereocenters. The van der Waals surface area contributed by atoms with Crippen LogP contribution in [0.1, 0.15) is 0 Å². The van der Waals surface area contributed by atoms with Gasteiger partial charge >= 0.3 is 0 Å². The standard InChI is InChI=1S/C7H6N2/c8-4-1-7-2-5-9-6-3-7/h1-3,5-6,9H. The lowest BCUT2D eigenvalue weighted by atomic mass is 10.2. The molecule has 0 unspecified atom stereocenters. The van der Waals surface area contributed by atoms with E-state index in [-0.39, 0.29) is 0 Å². The van der Waals surface area contributed by atoms with E-state index >= 15 is 0 Å². The Labute approximate surface area is 53.8 Å². The smallest absolute Gasteiger partial charge is 0.0918 e. The number of rotatable bonds is 0. The first kappa shape index (κ1) is 5.64. The number of nitrogens with one attached hydrogen (secondary N) is 1. The molecule has 0 aromatic carbocycles. The van der Waals surface area contributed by atoms with Gasteiger partial charge in [0.25, 0.3) is 0 Å². The first-order valence-corrected chi connectivity index (χ1v) is 2.62. The summed E-state index contributed by atoms with van der Waals surface area (Å²) >= 11 is 0. The van der Waals surface area contributed by atoms with Gasteiger partial charge in [-0.3, -0.25) is 0 Å². The zero-order valence-electron chi connectivity index (χ0n) is 4.83. The number of dihydropyridines is 1. The second-order valence-corrected chi connectivity index (χ2v) is 1.61. The Balaban J connectivity index is 2.73. The largest absolute Gasteiger partial charge is 0.368 e. The molecular formula is C7H6N2. The summed E-state index contributed by atoms with van der Waals surface area (Å²) < 4.78 is 0. The lowest BCUT2D eigenvalue weighted by Gasteiger charge is -1.97. The zero-order valence-corrected chi connectivity index (χ0v) is 4.83. The van der Waals surface area contributed by atoms with E-state index in [9.17, 15) is 0 Å². The van der Waals surface area contributed by atoms with Gasteiger partial charge in [-0.1, -0.05) is 0 Å². The predicted molar refractivity (Wildman–Crippen MR) is 35.1 cm³/mol. The second kappa shape index (κ2) is 2.73. The number of hydrogen-bond donors (Lipinski definition) is 1. The Kier molecular flexibility index (Phi) is 1.71. The van der Waals surface area contributed by atoms with Crippen LogP contribution < -0.4 is 5.32 Å². The monoisotopic (exact) mass is 118 g/mol. The zero-order chi connectivity index (χ0) is 6.53. The molecule has 0 aromatic heterocycles. The van der Waals surface area contributed by atoms with Crippen LogP contribution in [0.15, 0.2) is 36.2 Å². The third-order valence-electron chi connectivity index (χ3n) is 0.975. The van der Waals surface area contributed by atoms with E-state index in [1.54, 1.807) is 12.4 Å². The summed E-state index contributed by atoms with van der Waals surface area (Å²) in [5.74, 6) is 0. The maximum atomic E-state index is 8.20. The highest BCUT2D eigenvalue weighted by molar-refractivity contribution is 5.36. The van der Waals surface area contributed by atoms with Gasteiger partial charge in [0.2, 0.25) is 0 Å². The van der Waals surface area contributed by atoms with Gasteiger partial charge < -0.3 is 5.32 Å². The van der Waals surface area contributed by atoms with Crippen LogP contribution in [0.25, 0.3) is 0 Å². The number of nitriles is 1. The number of hydrogen-bond acceptors (Lipinski definition) is 2. The quantitative estimate of drug-likeness (QED) is 0.483. The van der Waals surface area contributed by atoms with Gasteiger partial charge in [-0.05, 0) is 17.7 Å². The molecule has 1 aliphatic rings. The van der Waals surface area contributed by atoms with Crippen molar-refractivity contribution in [2.24, 2.45) is 0 Å². The Hall–Kier alpha value is -1.49. The van der Waals surface area contributed by atoms with E-state index in [0.717, 1.165) is 5.57 Å². The van der Waals surface area contributed by atoms with E-state index in [1.807, 2.05) is 18.2 Å². The summed E-state index contributed by atoms with van der Waals surface area (Å²) in [6.45, 7) is 0. The van der Waals surface area contributed by atoms with Gasteiger partial charge in [-0.2, -0.15) is 5.26 Å². The topological polar surface area (TPSA) is 35.8 Å². The van der Waals surface area contributed by atoms with Crippen molar-refractivity contribution >= 4 is 0 Å². The van der Waals surface area contributed by atoms with E-state index in [1.165, 1.54) is 6.08 Å². The minimum Gasteiger partial charge on any atom is -0.368 e. The first-order chi connectivity index (χ1) is 4.43. The molecule has 9 heavy (non-hydrogen) atoms. The lowest BCUT2D eigenvalue weighted by molar-refractivity contribution is 1.17. The SMILES string of the molecule is N#CC=C1C=CNC=C1. The van der Waals surface area contributed by atoms with Crippen LogP contribution in [0.3, 0.4) is 0 Å². The van der Waals surface area contributed by atoms with Gasteiger partial charge in [-0.25, -0.2) is 0 Å². The number of nitrogens with zero attached hydrogens (tertiary/aromatic N) is 1. The van der Waals surface area contributed by atoms with Crippen LogP contribution in [0.2, 0.25) is 0 Å². The highest BCUT2D eigenvalue weighted by atomic mass is 14.8. The molecule has 2 nitrogen and oxygen atoms in total.